The van der Waals surface area contributed by atoms with E-state index >= 15 is 0 Å². The van der Waals surface area contributed by atoms with Crippen LogP contribution < -0.4 is 20.7 Å². The molecule has 2 aromatic rings. The van der Waals surface area contributed by atoms with Gasteiger partial charge in [0.25, 0.3) is 0 Å². The van der Waals surface area contributed by atoms with Crippen molar-refractivity contribution in [1.29, 1.82) is 0 Å². The van der Waals surface area contributed by atoms with Gasteiger partial charge in [-0.05, 0) is 10.1 Å². The summed E-state index contributed by atoms with van der Waals surface area (Å²) in [5, 5.41) is 7.14. The fourth-order valence-electron chi connectivity index (χ4n) is 5.38. The summed E-state index contributed by atoms with van der Waals surface area (Å²) >= 11 is 0. The first-order valence-electron chi connectivity index (χ1n) is 10.2. The molecule has 0 aromatic heterocycles. The van der Waals surface area contributed by atoms with Crippen LogP contribution >= 0.6 is 0 Å². The fourth-order valence-corrected chi connectivity index (χ4v) is 17.5. The van der Waals surface area contributed by atoms with E-state index in [4.69, 9.17) is 0 Å². The van der Waals surface area contributed by atoms with Gasteiger partial charge in [0.1, 0.15) is 8.07 Å². The van der Waals surface area contributed by atoms with Gasteiger partial charge in [0.05, 0.1) is 17.6 Å². The Balaban J connectivity index is 3.09. The maximum atomic E-state index is 2.51. The molecule has 2 aromatic carbocycles. The van der Waals surface area contributed by atoms with Crippen LogP contribution in [0.5, 0.6) is 0 Å². The highest BCUT2D eigenvalue weighted by Gasteiger charge is 2.56. The third-order valence-electron chi connectivity index (χ3n) is 5.99. The van der Waals surface area contributed by atoms with Gasteiger partial charge in [0.2, 0.25) is 0 Å². The smallest absolute Gasteiger partial charge is 0.0671 e. The first-order chi connectivity index (χ1) is 12.4. The van der Waals surface area contributed by atoms with E-state index in [1.54, 1.807) is 20.7 Å². The van der Waals surface area contributed by atoms with Gasteiger partial charge >= 0.3 is 0 Å². The molecule has 0 saturated carbocycles. The molecular weight excluding hydrogens is 373 g/mol. The minimum absolute atomic E-state index is 0.228. The minimum Gasteiger partial charge on any atom is -0.0671 e. The zero-order valence-corrected chi connectivity index (χ0v) is 22.1. The molecule has 3 heteroatoms. The van der Waals surface area contributed by atoms with Crippen molar-refractivity contribution >= 4 is 46.4 Å². The van der Waals surface area contributed by atoms with Crippen LogP contribution in [0.1, 0.15) is 41.5 Å². The number of hydrogen-bond acceptors (Lipinski definition) is 0. The van der Waals surface area contributed by atoms with E-state index in [0.29, 0.717) is 0 Å². The number of hydrogen-bond donors (Lipinski definition) is 0. The van der Waals surface area contributed by atoms with Crippen molar-refractivity contribution in [3.8, 4) is 0 Å². The van der Waals surface area contributed by atoms with Crippen LogP contribution in [0.3, 0.4) is 0 Å². The van der Waals surface area contributed by atoms with Crippen molar-refractivity contribution in [3.63, 3.8) is 0 Å². The van der Waals surface area contributed by atoms with Crippen molar-refractivity contribution in [2.24, 2.45) is 0 Å². The molecule has 0 aliphatic carbocycles. The lowest BCUT2D eigenvalue weighted by atomic mass is 10.2. The zero-order valence-electron chi connectivity index (χ0n) is 19.1. The topological polar surface area (TPSA) is 0 Å². The second-order valence-corrected chi connectivity index (χ2v) is 21.0. The van der Waals surface area contributed by atoms with Crippen molar-refractivity contribution in [1.82, 2.24) is 0 Å². The fraction of sp³-hybridized carbons (Fsp3) is 0.500. The molecule has 27 heavy (non-hydrogen) atoms. The standard InChI is InChI=1S/C24H38Si3/c1-23(2,3)27(24(4,5)6,21-17-13-11-15-19(21)25(7)8)22-18-14-12-16-20(22)26(9)10/h11-18H,1-10H3. The molecule has 0 aliphatic rings. The molecule has 0 nitrogen and oxygen atoms in total. The Hall–Kier alpha value is -0.909. The second kappa shape index (κ2) is 7.84. The summed E-state index contributed by atoms with van der Waals surface area (Å²) in [6.45, 7) is 24.9. The highest BCUT2D eigenvalue weighted by molar-refractivity contribution is 7.10. The predicted octanol–water partition coefficient (Wildman–Crippen LogP) is 4.77. The van der Waals surface area contributed by atoms with Crippen LogP contribution in [0.25, 0.3) is 0 Å². The van der Waals surface area contributed by atoms with Gasteiger partial charge < -0.3 is 0 Å². The maximum absolute atomic E-state index is 2.51. The maximum Gasteiger partial charge on any atom is 0.128 e. The lowest BCUT2D eigenvalue weighted by Crippen LogP contribution is -2.76. The SMILES string of the molecule is C[Si](C)c1ccccc1[Si](c1ccccc1[Si](C)C)(C(C)(C)C)C(C)(C)C. The Bertz CT molecular complexity index is 709. The normalized spacial score (nSPS) is 13.5. The van der Waals surface area contributed by atoms with Gasteiger partial charge in [-0.25, -0.2) is 0 Å². The molecule has 0 fully saturated rings. The van der Waals surface area contributed by atoms with E-state index in [9.17, 15) is 0 Å². The molecule has 146 valence electrons. The highest BCUT2D eigenvalue weighted by atomic mass is 28.3. The number of benzene rings is 2. The third kappa shape index (κ3) is 3.83. The molecule has 0 N–H and O–H groups in total. The zero-order chi connectivity index (χ0) is 20.6. The molecule has 0 heterocycles. The monoisotopic (exact) mass is 410 g/mol. The van der Waals surface area contributed by atoms with E-state index in [2.05, 4.69) is 116 Å². The number of rotatable bonds is 4. The van der Waals surface area contributed by atoms with Gasteiger partial charge in [0, 0.05) is 0 Å². The van der Waals surface area contributed by atoms with Gasteiger partial charge in [-0.15, -0.1) is 0 Å². The summed E-state index contributed by atoms with van der Waals surface area (Å²) in [5.41, 5.74) is 0. The van der Waals surface area contributed by atoms with Crippen molar-refractivity contribution in [2.75, 3.05) is 0 Å². The Morgan fingerprint density at radius 1 is 0.556 bits per heavy atom. The first-order valence-corrected chi connectivity index (χ1v) is 17.2. The molecule has 0 bridgehead atoms. The van der Waals surface area contributed by atoms with Gasteiger partial charge in [-0.3, -0.25) is 0 Å². The molecule has 0 amide bonds. The molecular formula is C24H38Si3. The Labute approximate surface area is 172 Å². The van der Waals surface area contributed by atoms with E-state index in [1.165, 1.54) is 0 Å². The lowest BCUT2D eigenvalue weighted by Gasteiger charge is -2.54. The Morgan fingerprint density at radius 3 is 1.11 bits per heavy atom. The molecule has 2 rings (SSSR count). The van der Waals surface area contributed by atoms with E-state index in [-0.39, 0.29) is 10.1 Å². The molecule has 0 spiro atoms. The molecule has 0 aliphatic heterocycles. The average molecular weight is 411 g/mol. The van der Waals surface area contributed by atoms with Crippen LogP contribution in [0.2, 0.25) is 36.3 Å². The van der Waals surface area contributed by atoms with Gasteiger partial charge in [0.15, 0.2) is 0 Å². The van der Waals surface area contributed by atoms with Crippen LogP contribution in [0, 0.1) is 0 Å². The summed E-state index contributed by atoms with van der Waals surface area (Å²) in [4.78, 5) is 0. The van der Waals surface area contributed by atoms with Gasteiger partial charge in [-0.2, -0.15) is 0 Å². The molecule has 0 saturated heterocycles. The van der Waals surface area contributed by atoms with Crippen LogP contribution in [0.15, 0.2) is 48.5 Å². The van der Waals surface area contributed by atoms with Crippen molar-refractivity contribution in [2.45, 2.75) is 77.8 Å². The molecule has 0 atom stereocenters. The lowest BCUT2D eigenvalue weighted by molar-refractivity contribution is 0.637. The van der Waals surface area contributed by atoms with E-state index < -0.39 is 25.7 Å². The van der Waals surface area contributed by atoms with Crippen molar-refractivity contribution < 1.29 is 0 Å². The second-order valence-electron chi connectivity index (χ2n) is 10.3. The van der Waals surface area contributed by atoms with Crippen LogP contribution in [-0.2, 0) is 0 Å². The average Bonchev–Trinajstić information content (AvgIpc) is 2.53. The minimum atomic E-state index is -2.11. The highest BCUT2D eigenvalue weighted by Crippen LogP contribution is 2.49. The quantitative estimate of drug-likeness (QED) is 0.637. The third-order valence-corrected chi connectivity index (χ3v) is 16.5. The van der Waals surface area contributed by atoms with E-state index in [1.807, 2.05) is 0 Å². The Kier molecular flexibility index (Phi) is 6.50. The first kappa shape index (κ1) is 22.4. The summed E-state index contributed by atoms with van der Waals surface area (Å²) in [6, 6.07) is 18.9. The van der Waals surface area contributed by atoms with Gasteiger partial charge in [-0.1, -0.05) is 137 Å². The summed E-state index contributed by atoms with van der Waals surface area (Å²) < 4.78 is 0. The summed E-state index contributed by atoms with van der Waals surface area (Å²) in [5.74, 6) is 0. The molecule has 0 unspecified atom stereocenters. The molecule has 2 radical (unpaired) electrons. The van der Waals surface area contributed by atoms with E-state index in [0.717, 1.165) is 0 Å². The van der Waals surface area contributed by atoms with Crippen molar-refractivity contribution in [3.05, 3.63) is 48.5 Å². The van der Waals surface area contributed by atoms with Crippen LogP contribution in [-0.4, -0.2) is 25.7 Å². The largest absolute Gasteiger partial charge is 0.128 e. The van der Waals surface area contributed by atoms with Crippen LogP contribution in [0.4, 0.5) is 0 Å². The summed E-state index contributed by atoms with van der Waals surface area (Å²) in [7, 11) is -3.19. The summed E-state index contributed by atoms with van der Waals surface area (Å²) in [6.07, 6.45) is 0. The Morgan fingerprint density at radius 2 is 0.852 bits per heavy atom. The predicted molar refractivity (Wildman–Crippen MR) is 132 cm³/mol.